The minimum Gasteiger partial charge on any atom is -0.461 e. The molecule has 3 rings (SSSR count). The number of ether oxygens (including phenoxy) is 2. The third kappa shape index (κ3) is 5.99. The van der Waals surface area contributed by atoms with E-state index in [1.54, 1.807) is 24.3 Å². The SMILES string of the molecule is C=CCOC(=O)c1ccc(C(=O)NCc2ccc3c(c2COC(C)=O)C(C)(C)CCC3(C)C)cc1. The maximum atomic E-state index is 12.8. The van der Waals surface area contributed by atoms with Crippen LogP contribution in [0.5, 0.6) is 0 Å². The van der Waals surface area contributed by atoms with Gasteiger partial charge in [0.1, 0.15) is 13.2 Å². The molecule has 2 aromatic carbocycles. The molecule has 0 saturated heterocycles. The van der Waals surface area contributed by atoms with Gasteiger partial charge in [0.2, 0.25) is 0 Å². The molecule has 0 heterocycles. The van der Waals surface area contributed by atoms with Crippen molar-refractivity contribution in [3.8, 4) is 0 Å². The molecular weight excluding hydrogens is 442 g/mol. The highest BCUT2D eigenvalue weighted by Gasteiger charge is 2.39. The molecule has 0 fully saturated rings. The molecule has 6 heteroatoms. The van der Waals surface area contributed by atoms with Gasteiger partial charge in [-0.2, -0.15) is 0 Å². The summed E-state index contributed by atoms with van der Waals surface area (Å²) >= 11 is 0. The van der Waals surface area contributed by atoms with Gasteiger partial charge in [0, 0.05) is 19.0 Å². The van der Waals surface area contributed by atoms with Crippen molar-refractivity contribution in [3.05, 3.63) is 82.4 Å². The molecule has 1 amide bonds. The van der Waals surface area contributed by atoms with E-state index in [2.05, 4.69) is 45.7 Å². The summed E-state index contributed by atoms with van der Waals surface area (Å²) in [5.74, 6) is -1.06. The minimum absolute atomic E-state index is 0.0200. The monoisotopic (exact) mass is 477 g/mol. The van der Waals surface area contributed by atoms with Crippen molar-refractivity contribution in [2.45, 2.75) is 71.4 Å². The molecule has 0 unspecified atom stereocenters. The van der Waals surface area contributed by atoms with Gasteiger partial charge >= 0.3 is 11.9 Å². The van der Waals surface area contributed by atoms with Crippen molar-refractivity contribution in [1.82, 2.24) is 5.32 Å². The minimum atomic E-state index is -0.466. The van der Waals surface area contributed by atoms with Gasteiger partial charge in [-0.1, -0.05) is 52.5 Å². The van der Waals surface area contributed by atoms with Crippen molar-refractivity contribution in [2.24, 2.45) is 0 Å². The van der Waals surface area contributed by atoms with E-state index in [0.717, 1.165) is 24.0 Å². The summed E-state index contributed by atoms with van der Waals surface area (Å²) in [6, 6.07) is 10.5. The van der Waals surface area contributed by atoms with Gasteiger partial charge in [0.15, 0.2) is 0 Å². The van der Waals surface area contributed by atoms with Crippen LogP contribution >= 0.6 is 0 Å². The van der Waals surface area contributed by atoms with E-state index in [0.29, 0.717) is 17.7 Å². The lowest BCUT2D eigenvalue weighted by molar-refractivity contribution is -0.142. The Balaban J connectivity index is 1.84. The fraction of sp³-hybridized carbons (Fsp3) is 0.414. The van der Waals surface area contributed by atoms with E-state index in [1.165, 1.54) is 24.1 Å². The quantitative estimate of drug-likeness (QED) is 0.408. The second-order valence-corrected chi connectivity index (χ2v) is 10.3. The van der Waals surface area contributed by atoms with Gasteiger partial charge < -0.3 is 14.8 Å². The first-order valence-electron chi connectivity index (χ1n) is 11.9. The van der Waals surface area contributed by atoms with E-state index < -0.39 is 5.97 Å². The van der Waals surface area contributed by atoms with Crippen LogP contribution in [0, 0.1) is 0 Å². The van der Waals surface area contributed by atoms with E-state index in [1.807, 2.05) is 6.07 Å². The van der Waals surface area contributed by atoms with Gasteiger partial charge in [-0.05, 0) is 70.2 Å². The largest absolute Gasteiger partial charge is 0.461 e. The Kier molecular flexibility index (Phi) is 7.83. The number of nitrogens with one attached hydrogen (secondary N) is 1. The number of fused-ring (bicyclic) bond motifs is 1. The van der Waals surface area contributed by atoms with E-state index in [-0.39, 0.29) is 35.9 Å². The number of amides is 1. The van der Waals surface area contributed by atoms with Crippen LogP contribution in [-0.4, -0.2) is 24.5 Å². The molecule has 35 heavy (non-hydrogen) atoms. The lowest BCUT2D eigenvalue weighted by Crippen LogP contribution is -2.36. The van der Waals surface area contributed by atoms with E-state index in [9.17, 15) is 14.4 Å². The smallest absolute Gasteiger partial charge is 0.338 e. The van der Waals surface area contributed by atoms with Crippen LogP contribution in [0.15, 0.2) is 49.1 Å². The topological polar surface area (TPSA) is 81.7 Å². The third-order valence-corrected chi connectivity index (χ3v) is 6.77. The third-order valence-electron chi connectivity index (χ3n) is 6.77. The molecule has 0 bridgehead atoms. The first-order valence-corrected chi connectivity index (χ1v) is 11.9. The summed E-state index contributed by atoms with van der Waals surface area (Å²) in [4.78, 5) is 36.4. The zero-order valence-electron chi connectivity index (χ0n) is 21.3. The van der Waals surface area contributed by atoms with Crippen LogP contribution in [0.2, 0.25) is 0 Å². The second kappa shape index (κ2) is 10.5. The number of hydrogen-bond acceptors (Lipinski definition) is 5. The molecule has 0 aliphatic heterocycles. The van der Waals surface area contributed by atoms with Crippen molar-refractivity contribution in [3.63, 3.8) is 0 Å². The van der Waals surface area contributed by atoms with Crippen LogP contribution in [0.4, 0.5) is 0 Å². The maximum absolute atomic E-state index is 12.8. The molecular formula is C29H35NO5. The van der Waals surface area contributed by atoms with Gasteiger partial charge in [0.25, 0.3) is 5.91 Å². The van der Waals surface area contributed by atoms with Crippen LogP contribution < -0.4 is 5.32 Å². The highest BCUT2D eigenvalue weighted by molar-refractivity contribution is 5.96. The van der Waals surface area contributed by atoms with Crippen molar-refractivity contribution in [1.29, 1.82) is 0 Å². The van der Waals surface area contributed by atoms with E-state index >= 15 is 0 Å². The molecule has 0 atom stereocenters. The van der Waals surface area contributed by atoms with Crippen molar-refractivity contribution in [2.75, 3.05) is 6.61 Å². The van der Waals surface area contributed by atoms with Gasteiger partial charge in [-0.3, -0.25) is 9.59 Å². The van der Waals surface area contributed by atoms with Gasteiger partial charge in [0.05, 0.1) is 5.56 Å². The zero-order valence-corrected chi connectivity index (χ0v) is 21.3. The molecule has 1 N–H and O–H groups in total. The number of rotatable bonds is 8. The maximum Gasteiger partial charge on any atom is 0.338 e. The Morgan fingerprint density at radius 2 is 1.57 bits per heavy atom. The summed E-state index contributed by atoms with van der Waals surface area (Å²) in [6.45, 7) is 14.5. The second-order valence-electron chi connectivity index (χ2n) is 10.3. The summed E-state index contributed by atoms with van der Waals surface area (Å²) in [5.41, 5.74) is 5.12. The number of benzene rings is 2. The zero-order chi connectivity index (χ0) is 25.8. The van der Waals surface area contributed by atoms with Crippen LogP contribution in [0.1, 0.15) is 90.4 Å². The fourth-order valence-electron chi connectivity index (χ4n) is 4.67. The highest BCUT2D eigenvalue weighted by atomic mass is 16.5. The van der Waals surface area contributed by atoms with Crippen LogP contribution in [0.25, 0.3) is 0 Å². The number of hydrogen-bond donors (Lipinski definition) is 1. The van der Waals surface area contributed by atoms with E-state index in [4.69, 9.17) is 9.47 Å². The first kappa shape index (κ1) is 26.2. The normalized spacial score (nSPS) is 15.5. The number of carbonyl (C=O) groups excluding carboxylic acids is 3. The Labute approximate surface area is 207 Å². The molecule has 0 aromatic heterocycles. The first-order chi connectivity index (χ1) is 16.5. The molecule has 186 valence electrons. The summed E-state index contributed by atoms with van der Waals surface area (Å²) in [5, 5.41) is 2.97. The number of esters is 2. The summed E-state index contributed by atoms with van der Waals surface area (Å²) in [6.07, 6.45) is 3.60. The number of carbonyl (C=O) groups is 3. The molecule has 0 spiro atoms. The molecule has 1 aliphatic rings. The Morgan fingerprint density at radius 1 is 0.943 bits per heavy atom. The molecule has 1 aliphatic carbocycles. The summed E-state index contributed by atoms with van der Waals surface area (Å²) in [7, 11) is 0. The van der Waals surface area contributed by atoms with Crippen molar-refractivity contribution >= 4 is 17.8 Å². The Morgan fingerprint density at radius 3 is 2.20 bits per heavy atom. The predicted molar refractivity (Wildman–Crippen MR) is 135 cm³/mol. The highest BCUT2D eigenvalue weighted by Crippen LogP contribution is 2.48. The molecule has 0 saturated carbocycles. The average Bonchev–Trinajstić information content (AvgIpc) is 2.82. The fourth-order valence-corrected chi connectivity index (χ4v) is 4.67. The Hall–Kier alpha value is -3.41. The van der Waals surface area contributed by atoms with Crippen LogP contribution in [-0.2, 0) is 38.2 Å². The van der Waals surface area contributed by atoms with Crippen molar-refractivity contribution < 1.29 is 23.9 Å². The summed E-state index contributed by atoms with van der Waals surface area (Å²) < 4.78 is 10.5. The molecule has 6 nitrogen and oxygen atoms in total. The lowest BCUT2D eigenvalue weighted by Gasteiger charge is -2.43. The van der Waals surface area contributed by atoms with Gasteiger partial charge in [-0.25, -0.2) is 4.79 Å². The Bertz CT molecular complexity index is 1130. The van der Waals surface area contributed by atoms with Crippen LogP contribution in [0.3, 0.4) is 0 Å². The molecule has 2 aromatic rings. The molecule has 0 radical (unpaired) electrons. The van der Waals surface area contributed by atoms with Gasteiger partial charge in [-0.15, -0.1) is 0 Å². The standard InChI is InChI=1S/C29H35NO5/c1-7-16-34-27(33)21-10-8-20(9-11-21)26(32)30-17-22-12-13-24-25(23(22)18-35-19(2)31)29(5,6)15-14-28(24,3)4/h7-13H,1,14-18H2,2-6H3,(H,30,32). The predicted octanol–water partition coefficient (Wildman–Crippen LogP) is 5.37. The lowest BCUT2D eigenvalue weighted by atomic mass is 9.61. The average molecular weight is 478 g/mol.